The number of aromatic nitrogens is 3. The molecule has 0 aliphatic carbocycles. The number of hydrogen-bond donors (Lipinski definition) is 1. The summed E-state index contributed by atoms with van der Waals surface area (Å²) in [5, 5.41) is 0. The minimum Gasteiger partial charge on any atom is -0.277 e. The van der Waals surface area contributed by atoms with Gasteiger partial charge in [-0.25, -0.2) is 14.2 Å². The lowest BCUT2D eigenvalue weighted by atomic mass is 10.1. The standard InChI is InChI=1S/C24H46N4O2/c1-4-7-10-13-16-19-25-22-26-23(29)28(21-18-15-12-9-6-3)24(30)27(22)20-17-14-11-8-5-2/h4-21H2,1-3H3,(H,25,26,29). The van der Waals surface area contributed by atoms with Crippen molar-refractivity contribution in [1.29, 1.82) is 0 Å². The Kier molecular flexibility index (Phi) is 15.1. The van der Waals surface area contributed by atoms with Crippen LogP contribution >= 0.6 is 0 Å². The molecule has 0 unspecified atom stereocenters. The fourth-order valence-electron chi connectivity index (χ4n) is 3.72. The van der Waals surface area contributed by atoms with E-state index >= 15 is 0 Å². The minimum absolute atomic E-state index is 0.200. The molecule has 0 bridgehead atoms. The van der Waals surface area contributed by atoms with Gasteiger partial charge < -0.3 is 0 Å². The molecule has 1 N–H and O–H groups in total. The predicted octanol–water partition coefficient (Wildman–Crippen LogP) is 5.15. The summed E-state index contributed by atoms with van der Waals surface area (Å²) < 4.78 is 3.07. The van der Waals surface area contributed by atoms with Gasteiger partial charge in [0, 0.05) is 19.6 Å². The Balaban J connectivity index is 2.89. The third-order valence-electron chi connectivity index (χ3n) is 5.68. The maximum atomic E-state index is 13.1. The fourth-order valence-corrected chi connectivity index (χ4v) is 3.72. The van der Waals surface area contributed by atoms with Gasteiger partial charge in [-0.2, -0.15) is 0 Å². The van der Waals surface area contributed by atoms with Crippen LogP contribution in [0.1, 0.15) is 117 Å². The van der Waals surface area contributed by atoms with Gasteiger partial charge in [0.05, 0.1) is 0 Å². The summed E-state index contributed by atoms with van der Waals surface area (Å²) in [6, 6.07) is 0. The van der Waals surface area contributed by atoms with E-state index in [1.165, 1.54) is 55.9 Å². The van der Waals surface area contributed by atoms with E-state index in [-0.39, 0.29) is 11.4 Å². The quantitative estimate of drug-likeness (QED) is 0.332. The fraction of sp³-hybridized carbons (Fsp3) is 0.875. The minimum atomic E-state index is -0.317. The van der Waals surface area contributed by atoms with E-state index in [1.54, 1.807) is 4.57 Å². The Morgan fingerprint density at radius 3 is 1.63 bits per heavy atom. The summed E-state index contributed by atoms with van der Waals surface area (Å²) in [6.07, 6.45) is 17.0. The predicted molar refractivity (Wildman–Crippen MR) is 126 cm³/mol. The van der Waals surface area contributed by atoms with Gasteiger partial charge in [0.2, 0.25) is 5.62 Å². The lowest BCUT2D eigenvalue weighted by Gasteiger charge is -2.11. The van der Waals surface area contributed by atoms with Crippen molar-refractivity contribution in [3.05, 3.63) is 26.6 Å². The highest BCUT2D eigenvalue weighted by Crippen LogP contribution is 2.04. The first-order valence-electron chi connectivity index (χ1n) is 12.6. The molecule has 0 aliphatic heterocycles. The Hall–Kier alpha value is -1.59. The molecule has 0 saturated carbocycles. The molecule has 6 heteroatoms. The highest BCUT2D eigenvalue weighted by Gasteiger charge is 2.08. The van der Waals surface area contributed by atoms with Crippen LogP contribution in [0.4, 0.5) is 0 Å². The second-order valence-corrected chi connectivity index (χ2v) is 8.46. The van der Waals surface area contributed by atoms with Crippen LogP contribution < -0.4 is 17.0 Å². The molecular weight excluding hydrogens is 376 g/mol. The maximum Gasteiger partial charge on any atom is 0.334 e. The number of rotatable bonds is 18. The second-order valence-electron chi connectivity index (χ2n) is 8.46. The Morgan fingerprint density at radius 2 is 1.10 bits per heavy atom. The van der Waals surface area contributed by atoms with Crippen LogP contribution in [0, 0.1) is 0 Å². The summed E-state index contributed by atoms with van der Waals surface area (Å²) in [6.45, 7) is 8.38. The van der Waals surface area contributed by atoms with Crippen LogP contribution in [-0.2, 0) is 13.1 Å². The van der Waals surface area contributed by atoms with Crippen molar-refractivity contribution < 1.29 is 0 Å². The molecule has 1 aromatic heterocycles. The van der Waals surface area contributed by atoms with Crippen LogP contribution in [0.25, 0.3) is 0 Å². The third-order valence-corrected chi connectivity index (χ3v) is 5.68. The average molecular weight is 423 g/mol. The number of hydrogen-bond acceptors (Lipinski definition) is 3. The molecule has 0 amide bonds. The Labute approximate surface area is 182 Å². The zero-order chi connectivity index (χ0) is 22.0. The molecule has 0 radical (unpaired) electrons. The number of unbranched alkanes of at least 4 members (excludes halogenated alkanes) is 12. The van der Waals surface area contributed by atoms with Gasteiger partial charge >= 0.3 is 11.4 Å². The molecule has 0 atom stereocenters. The van der Waals surface area contributed by atoms with E-state index in [4.69, 9.17) is 0 Å². The van der Waals surface area contributed by atoms with E-state index in [1.807, 2.05) is 0 Å². The van der Waals surface area contributed by atoms with Gasteiger partial charge in [0.15, 0.2) is 0 Å². The van der Waals surface area contributed by atoms with Crippen molar-refractivity contribution in [2.24, 2.45) is 4.99 Å². The van der Waals surface area contributed by atoms with Crippen LogP contribution in [0.15, 0.2) is 14.6 Å². The summed E-state index contributed by atoms with van der Waals surface area (Å²) in [4.78, 5) is 33.1. The van der Waals surface area contributed by atoms with E-state index in [0.717, 1.165) is 44.9 Å². The molecule has 6 nitrogen and oxygen atoms in total. The van der Waals surface area contributed by atoms with Gasteiger partial charge in [-0.05, 0) is 19.3 Å². The molecular formula is C24H46N4O2. The monoisotopic (exact) mass is 422 g/mol. The summed E-state index contributed by atoms with van der Waals surface area (Å²) in [5.41, 5.74) is -0.0601. The number of aromatic amines is 1. The normalized spacial score (nSPS) is 12.0. The zero-order valence-corrected chi connectivity index (χ0v) is 19.9. The first kappa shape index (κ1) is 26.4. The molecule has 1 rings (SSSR count). The topological polar surface area (TPSA) is 72.2 Å². The molecule has 0 aromatic carbocycles. The van der Waals surface area contributed by atoms with Crippen molar-refractivity contribution in [2.75, 3.05) is 6.54 Å². The maximum absolute atomic E-state index is 13.1. The smallest absolute Gasteiger partial charge is 0.277 e. The van der Waals surface area contributed by atoms with Crippen molar-refractivity contribution in [1.82, 2.24) is 14.1 Å². The van der Waals surface area contributed by atoms with E-state index in [9.17, 15) is 9.59 Å². The van der Waals surface area contributed by atoms with Gasteiger partial charge in [-0.1, -0.05) is 97.8 Å². The van der Waals surface area contributed by atoms with Crippen molar-refractivity contribution in [3.63, 3.8) is 0 Å². The van der Waals surface area contributed by atoms with E-state index < -0.39 is 0 Å². The molecule has 30 heavy (non-hydrogen) atoms. The van der Waals surface area contributed by atoms with Crippen molar-refractivity contribution in [3.8, 4) is 0 Å². The van der Waals surface area contributed by atoms with Crippen molar-refractivity contribution in [2.45, 2.75) is 130 Å². The third kappa shape index (κ3) is 10.4. The molecule has 1 aromatic rings. The van der Waals surface area contributed by atoms with Crippen LogP contribution in [0.3, 0.4) is 0 Å². The first-order chi connectivity index (χ1) is 14.7. The lowest BCUT2D eigenvalue weighted by Crippen LogP contribution is -2.50. The molecule has 0 fully saturated rings. The number of H-pyrrole nitrogens is 1. The Morgan fingerprint density at radius 1 is 0.633 bits per heavy atom. The van der Waals surface area contributed by atoms with Gasteiger partial charge in [0.1, 0.15) is 0 Å². The van der Waals surface area contributed by atoms with Gasteiger partial charge in [-0.15, -0.1) is 0 Å². The molecule has 174 valence electrons. The first-order valence-corrected chi connectivity index (χ1v) is 12.6. The largest absolute Gasteiger partial charge is 0.334 e. The van der Waals surface area contributed by atoms with Crippen LogP contribution in [0.2, 0.25) is 0 Å². The van der Waals surface area contributed by atoms with Crippen molar-refractivity contribution >= 4 is 0 Å². The van der Waals surface area contributed by atoms with Gasteiger partial charge in [-0.3, -0.25) is 14.5 Å². The molecule has 1 heterocycles. The lowest BCUT2D eigenvalue weighted by molar-refractivity contribution is 0.457. The molecule has 0 aliphatic rings. The second kappa shape index (κ2) is 17.1. The molecule has 0 saturated heterocycles. The summed E-state index contributed by atoms with van der Waals surface area (Å²) in [7, 11) is 0. The number of nitrogens with one attached hydrogen (secondary N) is 1. The van der Waals surface area contributed by atoms with Crippen LogP contribution in [0.5, 0.6) is 0 Å². The highest BCUT2D eigenvalue weighted by molar-refractivity contribution is 4.75. The molecule has 0 spiro atoms. The average Bonchev–Trinajstić information content (AvgIpc) is 2.74. The summed E-state index contributed by atoms with van der Waals surface area (Å²) in [5.74, 6) is 0. The van der Waals surface area contributed by atoms with Gasteiger partial charge in [0.25, 0.3) is 0 Å². The Bertz CT molecular complexity index is 730. The SMILES string of the molecule is CCCCCCC/N=c1\[nH]c(=O)n(CCCCCCC)c(=O)n1CCCCCCC. The number of nitrogens with zero attached hydrogens (tertiary/aromatic N) is 3. The highest BCUT2D eigenvalue weighted by atomic mass is 16.2. The van der Waals surface area contributed by atoms with E-state index in [2.05, 4.69) is 30.7 Å². The van der Waals surface area contributed by atoms with Crippen LogP contribution in [-0.4, -0.2) is 20.7 Å². The van der Waals surface area contributed by atoms with E-state index in [0.29, 0.717) is 25.3 Å². The summed E-state index contributed by atoms with van der Waals surface area (Å²) >= 11 is 0. The zero-order valence-electron chi connectivity index (χ0n) is 19.9.